The first-order valence-corrected chi connectivity index (χ1v) is 9.70. The number of rotatable bonds is 7. The van der Waals surface area contributed by atoms with Gasteiger partial charge in [-0.25, -0.2) is 0 Å². The van der Waals surface area contributed by atoms with Crippen molar-refractivity contribution >= 4 is 31.2 Å². The average molecular weight is 336 g/mol. The van der Waals surface area contributed by atoms with Gasteiger partial charge in [-0.1, -0.05) is 0 Å². The first kappa shape index (κ1) is 14.7. The molecule has 0 aliphatic carbocycles. The molecule has 1 nitrogen and oxygen atoms in total. The molecule has 2 rings (SSSR count). The summed E-state index contributed by atoms with van der Waals surface area (Å²) in [4.78, 5) is 1.38. The molecule has 0 fully saturated rings. The maximum absolute atomic E-state index is 3.55. The Hall–Kier alpha value is -0.731. The Labute approximate surface area is 126 Å². The van der Waals surface area contributed by atoms with Gasteiger partial charge in [-0.3, -0.25) is 0 Å². The van der Waals surface area contributed by atoms with Gasteiger partial charge >= 0.3 is 126 Å². The van der Waals surface area contributed by atoms with Crippen LogP contribution in [-0.2, 0) is 6.54 Å². The molecular weight excluding hydrogens is 317 g/mol. The molecule has 0 saturated heterocycles. The maximum atomic E-state index is 3.55. The Morgan fingerprint density at radius 3 is 2.53 bits per heavy atom. The van der Waals surface area contributed by atoms with Crippen molar-refractivity contribution in [1.82, 2.24) is 5.32 Å². The molecule has 100 valence electrons. The van der Waals surface area contributed by atoms with E-state index in [1.807, 2.05) is 11.8 Å². The minimum atomic E-state index is 0.591. The second-order valence-electron chi connectivity index (χ2n) is 4.15. The Balaban J connectivity index is 1.69. The van der Waals surface area contributed by atoms with Crippen LogP contribution in [0.2, 0.25) is 5.32 Å². The van der Waals surface area contributed by atoms with E-state index >= 15 is 0 Å². The quantitative estimate of drug-likeness (QED) is 0.474. The van der Waals surface area contributed by atoms with E-state index < -0.39 is 0 Å². The molecule has 0 aliphatic rings. The van der Waals surface area contributed by atoms with Crippen molar-refractivity contribution in [2.24, 2.45) is 0 Å². The number of benzene rings is 2. The van der Waals surface area contributed by atoms with E-state index in [-0.39, 0.29) is 0 Å². The Morgan fingerprint density at radius 2 is 1.74 bits per heavy atom. The van der Waals surface area contributed by atoms with Gasteiger partial charge in [-0.15, -0.1) is 0 Å². The molecule has 0 bridgehead atoms. The zero-order valence-electron chi connectivity index (χ0n) is 11.1. The summed E-state index contributed by atoms with van der Waals surface area (Å²) in [6, 6.07) is 19.4. The van der Waals surface area contributed by atoms with Crippen molar-refractivity contribution < 1.29 is 0 Å². The van der Waals surface area contributed by atoms with Gasteiger partial charge in [0.15, 0.2) is 0 Å². The molecule has 0 aromatic heterocycles. The summed E-state index contributed by atoms with van der Waals surface area (Å²) in [7, 11) is 0. The minimum absolute atomic E-state index is 0.591. The summed E-state index contributed by atoms with van der Waals surface area (Å²) < 4.78 is 1.49. The zero-order chi connectivity index (χ0) is 13.3. The molecule has 0 spiro atoms. The van der Waals surface area contributed by atoms with Crippen LogP contribution in [0.25, 0.3) is 0 Å². The second-order valence-corrected chi connectivity index (χ2v) is 7.45. The van der Waals surface area contributed by atoms with E-state index in [1.54, 1.807) is 0 Å². The van der Waals surface area contributed by atoms with Crippen molar-refractivity contribution in [2.45, 2.75) is 16.8 Å². The van der Waals surface area contributed by atoms with E-state index in [2.05, 4.69) is 66.2 Å². The van der Waals surface area contributed by atoms with Crippen LogP contribution in [0.4, 0.5) is 0 Å². The third-order valence-corrected chi connectivity index (χ3v) is 5.76. The number of hydrogen-bond acceptors (Lipinski definition) is 2. The molecule has 0 unspecified atom stereocenters. The Kier molecular flexibility index (Phi) is 6.52. The molecule has 2 aromatic carbocycles. The molecule has 0 saturated carbocycles. The van der Waals surface area contributed by atoms with Gasteiger partial charge in [-0.05, 0) is 0 Å². The van der Waals surface area contributed by atoms with Gasteiger partial charge in [0.2, 0.25) is 0 Å². The van der Waals surface area contributed by atoms with Crippen LogP contribution in [0.5, 0.6) is 0 Å². The molecule has 2 aromatic rings. The third kappa shape index (κ3) is 5.04. The average Bonchev–Trinajstić information content (AvgIpc) is 2.48. The second kappa shape index (κ2) is 8.44. The van der Waals surface area contributed by atoms with Crippen LogP contribution < -0.4 is 9.78 Å². The summed E-state index contributed by atoms with van der Waals surface area (Å²) in [5.41, 5.74) is 1.40. The topological polar surface area (TPSA) is 12.0 Å². The van der Waals surface area contributed by atoms with Gasteiger partial charge in [0.05, 0.1) is 0 Å². The molecule has 0 amide bonds. The molecule has 1 N–H and O–H groups in total. The van der Waals surface area contributed by atoms with Crippen LogP contribution in [0.3, 0.4) is 0 Å². The molecule has 0 radical (unpaired) electrons. The van der Waals surface area contributed by atoms with Crippen molar-refractivity contribution in [2.75, 3.05) is 12.8 Å². The van der Waals surface area contributed by atoms with Crippen LogP contribution in [0, 0.1) is 0 Å². The first-order chi connectivity index (χ1) is 9.40. The van der Waals surface area contributed by atoms with E-state index in [9.17, 15) is 0 Å². The first-order valence-electron chi connectivity index (χ1n) is 6.40. The molecule has 0 heterocycles. The fourth-order valence-corrected chi connectivity index (χ4v) is 4.19. The van der Waals surface area contributed by atoms with E-state index in [4.69, 9.17) is 0 Å². The molecular formula is C16H19NSSe. The van der Waals surface area contributed by atoms with Crippen molar-refractivity contribution in [3.05, 3.63) is 60.2 Å². The normalized spacial score (nSPS) is 10.6. The van der Waals surface area contributed by atoms with Crippen LogP contribution >= 0.6 is 11.8 Å². The van der Waals surface area contributed by atoms with E-state index in [0.29, 0.717) is 15.0 Å². The summed E-state index contributed by atoms with van der Waals surface area (Å²) in [5.74, 6) is 0. The summed E-state index contributed by atoms with van der Waals surface area (Å²) in [6.45, 7) is 2.07. The van der Waals surface area contributed by atoms with Gasteiger partial charge in [-0.2, -0.15) is 0 Å². The third-order valence-electron chi connectivity index (χ3n) is 2.80. The zero-order valence-corrected chi connectivity index (χ0v) is 13.7. The Morgan fingerprint density at radius 1 is 1.00 bits per heavy atom. The number of nitrogens with one attached hydrogen (secondary N) is 1. The van der Waals surface area contributed by atoms with E-state index in [1.165, 1.54) is 20.2 Å². The van der Waals surface area contributed by atoms with Gasteiger partial charge in [0, 0.05) is 0 Å². The SMILES string of the molecule is CSc1ccccc1CNCC[Se]c1ccccc1. The monoisotopic (exact) mass is 337 g/mol. The number of thioether (sulfide) groups is 1. The molecule has 0 atom stereocenters. The van der Waals surface area contributed by atoms with Gasteiger partial charge < -0.3 is 0 Å². The fourth-order valence-electron chi connectivity index (χ4n) is 1.83. The van der Waals surface area contributed by atoms with E-state index in [0.717, 1.165) is 13.1 Å². The standard InChI is InChI=1S/C16H19NSSe/c1-18-16-10-6-5-7-14(16)13-17-11-12-19-15-8-3-2-4-9-15/h2-10,17H,11-13H2,1H3. The summed E-state index contributed by atoms with van der Waals surface area (Å²) in [6.07, 6.45) is 2.14. The predicted molar refractivity (Wildman–Crippen MR) is 86.6 cm³/mol. The molecule has 3 heteroatoms. The Bertz CT molecular complexity index is 487. The van der Waals surface area contributed by atoms with Crippen LogP contribution in [0.1, 0.15) is 5.56 Å². The molecule has 19 heavy (non-hydrogen) atoms. The van der Waals surface area contributed by atoms with Crippen LogP contribution in [0.15, 0.2) is 59.5 Å². The predicted octanol–water partition coefficient (Wildman–Crippen LogP) is 2.95. The molecule has 0 aliphatic heterocycles. The van der Waals surface area contributed by atoms with Crippen molar-refractivity contribution in [3.8, 4) is 0 Å². The number of hydrogen-bond donors (Lipinski definition) is 1. The van der Waals surface area contributed by atoms with Crippen LogP contribution in [-0.4, -0.2) is 27.8 Å². The van der Waals surface area contributed by atoms with Crippen molar-refractivity contribution in [3.63, 3.8) is 0 Å². The summed E-state index contributed by atoms with van der Waals surface area (Å²) >= 11 is 2.41. The fraction of sp³-hybridized carbons (Fsp3) is 0.250. The summed E-state index contributed by atoms with van der Waals surface area (Å²) in [5, 5.41) is 4.80. The van der Waals surface area contributed by atoms with Crippen molar-refractivity contribution in [1.29, 1.82) is 0 Å². The van der Waals surface area contributed by atoms with Gasteiger partial charge in [0.25, 0.3) is 0 Å². The van der Waals surface area contributed by atoms with Gasteiger partial charge in [0.1, 0.15) is 0 Å².